The lowest BCUT2D eigenvalue weighted by Gasteiger charge is -2.32. The van der Waals surface area contributed by atoms with Gasteiger partial charge in [-0.1, -0.05) is 12.1 Å². The van der Waals surface area contributed by atoms with Crippen molar-refractivity contribution in [2.45, 2.75) is 26.7 Å². The molecule has 0 aliphatic carbocycles. The summed E-state index contributed by atoms with van der Waals surface area (Å²) >= 11 is 0. The van der Waals surface area contributed by atoms with E-state index >= 15 is 0 Å². The maximum atomic E-state index is 13.4. The lowest BCUT2D eigenvalue weighted by Crippen LogP contribution is -2.38. The van der Waals surface area contributed by atoms with E-state index in [1.54, 1.807) is 31.5 Å². The topological polar surface area (TPSA) is 67.4 Å². The molecule has 160 valence electrons. The number of nitrogens with one attached hydrogen (secondary N) is 1. The number of nitrogens with zero attached hydrogens (tertiary/aromatic N) is 3. The summed E-state index contributed by atoms with van der Waals surface area (Å²) in [6.45, 7) is 5.03. The second kappa shape index (κ2) is 9.12. The first-order chi connectivity index (χ1) is 15.0. The van der Waals surface area contributed by atoms with E-state index in [9.17, 15) is 9.18 Å². The van der Waals surface area contributed by atoms with E-state index in [0.29, 0.717) is 54.6 Å². The number of piperidine rings is 1. The Kier molecular flexibility index (Phi) is 6.11. The second-order valence-electron chi connectivity index (χ2n) is 7.82. The summed E-state index contributed by atoms with van der Waals surface area (Å²) in [5.41, 5.74) is 2.23. The van der Waals surface area contributed by atoms with Crippen LogP contribution in [0, 0.1) is 25.6 Å². The summed E-state index contributed by atoms with van der Waals surface area (Å²) in [4.78, 5) is 23.6. The Balaban J connectivity index is 1.39. The third-order valence-electron chi connectivity index (χ3n) is 5.44. The van der Waals surface area contributed by atoms with Gasteiger partial charge in [0.05, 0.1) is 0 Å². The highest BCUT2D eigenvalue weighted by atomic mass is 19.1. The van der Waals surface area contributed by atoms with Crippen LogP contribution in [0.5, 0.6) is 11.6 Å². The highest BCUT2D eigenvalue weighted by Crippen LogP contribution is 2.31. The Bertz CT molecular complexity index is 1080. The van der Waals surface area contributed by atoms with Crippen molar-refractivity contribution in [3.8, 4) is 11.6 Å². The smallest absolute Gasteiger partial charge is 0.263 e. The molecule has 0 atom stereocenters. The van der Waals surface area contributed by atoms with Crippen LogP contribution in [0.4, 0.5) is 15.9 Å². The molecule has 4 rings (SSSR count). The molecule has 6 nitrogen and oxygen atoms in total. The number of aryl methyl sites for hydroxylation is 2. The molecule has 1 aliphatic heterocycles. The van der Waals surface area contributed by atoms with E-state index in [4.69, 9.17) is 4.74 Å². The number of aromatic nitrogens is 2. The van der Waals surface area contributed by atoms with Crippen LogP contribution in [-0.2, 0) is 4.79 Å². The average Bonchev–Trinajstić information content (AvgIpc) is 2.77. The number of ether oxygens (including phenoxy) is 1. The van der Waals surface area contributed by atoms with Crippen LogP contribution in [-0.4, -0.2) is 29.0 Å². The minimum Gasteiger partial charge on any atom is -0.436 e. The van der Waals surface area contributed by atoms with E-state index in [1.807, 2.05) is 31.2 Å². The minimum absolute atomic E-state index is 0.0407. The third kappa shape index (κ3) is 4.99. The highest BCUT2D eigenvalue weighted by molar-refractivity contribution is 5.92. The van der Waals surface area contributed by atoms with Crippen molar-refractivity contribution in [2.24, 2.45) is 5.92 Å². The van der Waals surface area contributed by atoms with Crippen LogP contribution >= 0.6 is 0 Å². The Hall–Kier alpha value is -3.48. The molecular formula is C24H25FN4O2. The fourth-order valence-corrected chi connectivity index (χ4v) is 3.72. The molecule has 1 saturated heterocycles. The lowest BCUT2D eigenvalue weighted by atomic mass is 9.95. The Morgan fingerprint density at radius 1 is 1.10 bits per heavy atom. The maximum Gasteiger partial charge on any atom is 0.263 e. The van der Waals surface area contributed by atoms with E-state index in [0.717, 1.165) is 5.56 Å². The van der Waals surface area contributed by atoms with Gasteiger partial charge in [-0.15, -0.1) is 0 Å². The van der Waals surface area contributed by atoms with Crippen molar-refractivity contribution in [1.29, 1.82) is 0 Å². The van der Waals surface area contributed by atoms with Crippen molar-refractivity contribution in [1.82, 2.24) is 9.97 Å². The fourth-order valence-electron chi connectivity index (χ4n) is 3.72. The highest BCUT2D eigenvalue weighted by Gasteiger charge is 2.27. The predicted molar refractivity (Wildman–Crippen MR) is 118 cm³/mol. The number of halogens is 1. The molecule has 1 aliphatic rings. The number of amides is 1. The van der Waals surface area contributed by atoms with Gasteiger partial charge < -0.3 is 15.0 Å². The first-order valence-electron chi connectivity index (χ1n) is 10.4. The number of rotatable bonds is 5. The van der Waals surface area contributed by atoms with Crippen LogP contribution in [0.3, 0.4) is 0 Å². The number of carbonyl (C=O) groups is 1. The molecule has 2 heterocycles. The maximum absolute atomic E-state index is 13.4. The molecule has 1 aromatic heterocycles. The summed E-state index contributed by atoms with van der Waals surface area (Å²) < 4.78 is 19.4. The van der Waals surface area contributed by atoms with Gasteiger partial charge in [-0.25, -0.2) is 14.4 Å². The standard InChI is InChI=1S/C24H25FN4O2/c1-16-4-3-5-20(14-16)31-24-22(26-10-11-27-24)29-12-8-18(9-13-29)23(30)28-19-6-7-21(25)17(2)15-19/h3-7,10-11,14-15,18H,8-9,12-13H2,1-2H3,(H,28,30). The molecule has 0 bridgehead atoms. The summed E-state index contributed by atoms with van der Waals surface area (Å²) in [6.07, 6.45) is 4.63. The zero-order chi connectivity index (χ0) is 21.8. The summed E-state index contributed by atoms with van der Waals surface area (Å²) in [6, 6.07) is 12.4. The van der Waals surface area contributed by atoms with Gasteiger partial charge in [-0.05, 0) is 68.1 Å². The minimum atomic E-state index is -0.279. The third-order valence-corrected chi connectivity index (χ3v) is 5.44. The first-order valence-corrected chi connectivity index (χ1v) is 10.4. The van der Waals surface area contributed by atoms with Gasteiger partial charge in [0, 0.05) is 37.1 Å². The van der Waals surface area contributed by atoms with Crippen LogP contribution in [0.2, 0.25) is 0 Å². The van der Waals surface area contributed by atoms with Gasteiger partial charge >= 0.3 is 0 Å². The van der Waals surface area contributed by atoms with Gasteiger partial charge in [0.15, 0.2) is 5.82 Å². The Labute approximate surface area is 181 Å². The van der Waals surface area contributed by atoms with E-state index in [2.05, 4.69) is 20.2 Å². The molecule has 1 amide bonds. The molecule has 0 unspecified atom stereocenters. The first kappa shape index (κ1) is 20.8. The summed E-state index contributed by atoms with van der Waals surface area (Å²) in [7, 11) is 0. The molecule has 31 heavy (non-hydrogen) atoms. The Morgan fingerprint density at radius 2 is 1.87 bits per heavy atom. The van der Waals surface area contributed by atoms with Crippen LogP contribution in [0.15, 0.2) is 54.9 Å². The van der Waals surface area contributed by atoms with Crippen molar-refractivity contribution in [2.75, 3.05) is 23.3 Å². The molecule has 0 radical (unpaired) electrons. The van der Waals surface area contributed by atoms with Gasteiger partial charge in [0.1, 0.15) is 11.6 Å². The van der Waals surface area contributed by atoms with Gasteiger partial charge in [-0.3, -0.25) is 4.79 Å². The average molecular weight is 420 g/mol. The Morgan fingerprint density at radius 3 is 2.61 bits per heavy atom. The molecule has 0 spiro atoms. The zero-order valence-corrected chi connectivity index (χ0v) is 17.6. The van der Waals surface area contributed by atoms with E-state index < -0.39 is 0 Å². The second-order valence-corrected chi connectivity index (χ2v) is 7.82. The number of anilines is 2. The fraction of sp³-hybridized carbons (Fsp3) is 0.292. The van der Waals surface area contributed by atoms with Crippen LogP contribution < -0.4 is 15.0 Å². The van der Waals surface area contributed by atoms with Gasteiger partial charge in [0.2, 0.25) is 5.91 Å². The molecule has 0 saturated carbocycles. The van der Waals surface area contributed by atoms with Crippen molar-refractivity contribution in [3.05, 3.63) is 71.8 Å². The molecule has 7 heteroatoms. The molecule has 1 N–H and O–H groups in total. The normalized spacial score (nSPS) is 14.4. The largest absolute Gasteiger partial charge is 0.436 e. The van der Waals surface area contributed by atoms with Crippen molar-refractivity contribution < 1.29 is 13.9 Å². The molecule has 2 aromatic carbocycles. The summed E-state index contributed by atoms with van der Waals surface area (Å²) in [5, 5.41) is 2.91. The SMILES string of the molecule is Cc1cccc(Oc2nccnc2N2CCC(C(=O)Nc3ccc(F)c(C)c3)CC2)c1. The number of benzene rings is 2. The number of hydrogen-bond donors (Lipinski definition) is 1. The van der Waals surface area contributed by atoms with Gasteiger partial charge in [0.25, 0.3) is 5.88 Å². The monoisotopic (exact) mass is 420 g/mol. The molecule has 3 aromatic rings. The van der Waals surface area contributed by atoms with Crippen LogP contribution in [0.1, 0.15) is 24.0 Å². The number of carbonyl (C=O) groups excluding carboxylic acids is 1. The zero-order valence-electron chi connectivity index (χ0n) is 17.6. The van der Waals surface area contributed by atoms with Crippen LogP contribution in [0.25, 0.3) is 0 Å². The quantitative estimate of drug-likeness (QED) is 0.637. The molecular weight excluding hydrogens is 395 g/mol. The van der Waals surface area contributed by atoms with E-state index in [1.165, 1.54) is 6.07 Å². The van der Waals surface area contributed by atoms with Gasteiger partial charge in [-0.2, -0.15) is 0 Å². The number of hydrogen-bond acceptors (Lipinski definition) is 5. The molecule has 1 fully saturated rings. The van der Waals surface area contributed by atoms with Crippen molar-refractivity contribution in [3.63, 3.8) is 0 Å². The lowest BCUT2D eigenvalue weighted by molar-refractivity contribution is -0.120. The predicted octanol–water partition coefficient (Wildman–Crippen LogP) is 4.88. The summed E-state index contributed by atoms with van der Waals surface area (Å²) in [5.74, 6) is 1.42. The van der Waals surface area contributed by atoms with Crippen molar-refractivity contribution >= 4 is 17.4 Å². The van der Waals surface area contributed by atoms with E-state index in [-0.39, 0.29) is 17.6 Å².